The lowest BCUT2D eigenvalue weighted by molar-refractivity contribution is -0.131. The molecule has 1 aliphatic rings. The molecule has 3 aromatic carbocycles. The molecule has 0 unspecified atom stereocenters. The Morgan fingerprint density at radius 2 is 1.60 bits per heavy atom. The summed E-state index contributed by atoms with van der Waals surface area (Å²) in [6.45, 7) is 0. The van der Waals surface area contributed by atoms with Crippen LogP contribution in [0.5, 0.6) is 5.75 Å². The number of phenolic OH excluding ortho intramolecular Hbond substituents is 1. The number of carbonyl (C=O) groups excluding carboxylic acids is 1. The van der Waals surface area contributed by atoms with Gasteiger partial charge in [-0.3, -0.25) is 4.79 Å². The first-order chi connectivity index (χ1) is 14.4. The van der Waals surface area contributed by atoms with Gasteiger partial charge in [-0.05, 0) is 95.1 Å². The van der Waals surface area contributed by atoms with Crippen LogP contribution in [0.4, 0.5) is 10.1 Å². The minimum absolute atomic E-state index is 0.00412. The molecule has 0 saturated carbocycles. The highest BCUT2D eigenvalue weighted by Crippen LogP contribution is 2.46. The Balaban J connectivity index is 1.55. The number of carbonyl (C=O) groups is 1. The van der Waals surface area contributed by atoms with Crippen molar-refractivity contribution in [2.45, 2.75) is 25.0 Å². The van der Waals surface area contributed by atoms with Crippen LogP contribution in [0.25, 0.3) is 0 Å². The van der Waals surface area contributed by atoms with Gasteiger partial charge < -0.3 is 15.1 Å². The number of amides is 1. The first-order valence-electron chi connectivity index (χ1n) is 9.75. The van der Waals surface area contributed by atoms with Crippen molar-refractivity contribution in [1.82, 2.24) is 0 Å². The monoisotopic (exact) mass is 517 g/mol. The predicted molar refractivity (Wildman–Crippen MR) is 122 cm³/mol. The maximum Gasteiger partial charge on any atom is 0.233 e. The number of aromatic hydroxyl groups is 1. The zero-order valence-corrected chi connectivity index (χ0v) is 18.2. The van der Waals surface area contributed by atoms with Gasteiger partial charge in [0, 0.05) is 9.26 Å². The number of aliphatic hydroxyl groups is 1. The molecule has 1 aliphatic heterocycles. The Hall–Kier alpha value is -2.45. The third-order valence-corrected chi connectivity index (χ3v) is 6.28. The molecule has 1 saturated heterocycles. The molecule has 154 valence electrons. The first-order valence-corrected chi connectivity index (χ1v) is 10.8. The average molecular weight is 517 g/mol. The molecule has 3 atom stereocenters. The Morgan fingerprint density at radius 1 is 0.967 bits per heavy atom. The van der Waals surface area contributed by atoms with Gasteiger partial charge in [0.2, 0.25) is 5.91 Å². The number of phenols is 1. The molecular weight excluding hydrogens is 496 g/mol. The first kappa shape index (κ1) is 20.8. The molecule has 0 radical (unpaired) electrons. The second-order valence-corrected chi connectivity index (χ2v) is 8.72. The van der Waals surface area contributed by atoms with E-state index in [0.29, 0.717) is 18.4 Å². The van der Waals surface area contributed by atoms with Crippen LogP contribution in [0.2, 0.25) is 0 Å². The average Bonchev–Trinajstić information content (AvgIpc) is 2.74. The van der Waals surface area contributed by atoms with Crippen LogP contribution in [-0.4, -0.2) is 16.1 Å². The van der Waals surface area contributed by atoms with E-state index in [0.717, 1.165) is 14.8 Å². The molecule has 0 aliphatic carbocycles. The number of halogens is 2. The SMILES string of the molecule is O=C1[C@H](CC[C@H](O)c2ccc(F)cc2)[C@@H](c2ccc(I)cc2)N1c1ccc(O)cc1. The number of hydrogen-bond donors (Lipinski definition) is 2. The van der Waals surface area contributed by atoms with Gasteiger partial charge in [-0.15, -0.1) is 0 Å². The van der Waals surface area contributed by atoms with E-state index in [1.165, 1.54) is 12.1 Å². The van der Waals surface area contributed by atoms with Crippen molar-refractivity contribution in [2.24, 2.45) is 5.92 Å². The van der Waals surface area contributed by atoms with Gasteiger partial charge in [-0.25, -0.2) is 4.39 Å². The summed E-state index contributed by atoms with van der Waals surface area (Å²) in [5, 5.41) is 20.1. The molecule has 0 spiro atoms. The zero-order chi connectivity index (χ0) is 21.3. The van der Waals surface area contributed by atoms with Gasteiger partial charge >= 0.3 is 0 Å². The van der Waals surface area contributed by atoms with Crippen LogP contribution >= 0.6 is 22.6 Å². The topological polar surface area (TPSA) is 60.8 Å². The summed E-state index contributed by atoms with van der Waals surface area (Å²) >= 11 is 2.25. The second kappa shape index (κ2) is 8.73. The minimum Gasteiger partial charge on any atom is -0.508 e. The predicted octanol–water partition coefficient (Wildman–Crippen LogP) is 5.35. The third kappa shape index (κ3) is 4.20. The smallest absolute Gasteiger partial charge is 0.233 e. The number of benzene rings is 3. The fourth-order valence-electron chi connectivity index (χ4n) is 3.96. The highest BCUT2D eigenvalue weighted by molar-refractivity contribution is 14.1. The largest absolute Gasteiger partial charge is 0.508 e. The van der Waals surface area contributed by atoms with Crippen LogP contribution < -0.4 is 4.90 Å². The van der Waals surface area contributed by atoms with E-state index in [1.54, 1.807) is 41.3 Å². The number of rotatable bonds is 6. The van der Waals surface area contributed by atoms with Gasteiger partial charge in [-0.1, -0.05) is 24.3 Å². The normalized spacial score (nSPS) is 19.4. The minimum atomic E-state index is -0.751. The summed E-state index contributed by atoms with van der Waals surface area (Å²) in [6, 6.07) is 20.3. The van der Waals surface area contributed by atoms with E-state index in [4.69, 9.17) is 0 Å². The van der Waals surface area contributed by atoms with Crippen LogP contribution in [0.3, 0.4) is 0 Å². The van der Waals surface area contributed by atoms with Gasteiger partial charge in [0.15, 0.2) is 0 Å². The Labute approximate surface area is 188 Å². The van der Waals surface area contributed by atoms with Crippen molar-refractivity contribution >= 4 is 34.2 Å². The van der Waals surface area contributed by atoms with Gasteiger partial charge in [0.1, 0.15) is 11.6 Å². The number of nitrogens with zero attached hydrogens (tertiary/aromatic N) is 1. The number of β-lactam (4-membered cyclic amide) rings is 1. The summed E-state index contributed by atoms with van der Waals surface area (Å²) in [5.41, 5.74) is 2.41. The highest BCUT2D eigenvalue weighted by Gasteiger charge is 2.48. The summed E-state index contributed by atoms with van der Waals surface area (Å²) in [4.78, 5) is 14.8. The van der Waals surface area contributed by atoms with Crippen LogP contribution in [0, 0.1) is 15.3 Å². The molecule has 1 amide bonds. The van der Waals surface area contributed by atoms with E-state index in [9.17, 15) is 19.4 Å². The molecule has 4 nitrogen and oxygen atoms in total. The second-order valence-electron chi connectivity index (χ2n) is 7.47. The Kier molecular flexibility index (Phi) is 6.06. The van der Waals surface area contributed by atoms with Crippen molar-refractivity contribution in [3.05, 3.63) is 93.3 Å². The molecule has 1 fully saturated rings. The maximum atomic E-state index is 13.1. The molecule has 30 heavy (non-hydrogen) atoms. The van der Waals surface area contributed by atoms with Gasteiger partial charge in [0.25, 0.3) is 0 Å². The van der Waals surface area contributed by atoms with Crippen molar-refractivity contribution in [1.29, 1.82) is 0 Å². The summed E-state index contributed by atoms with van der Waals surface area (Å²) in [7, 11) is 0. The van der Waals surface area contributed by atoms with Crippen molar-refractivity contribution in [3.8, 4) is 5.75 Å². The zero-order valence-electron chi connectivity index (χ0n) is 16.1. The van der Waals surface area contributed by atoms with Crippen LogP contribution in [-0.2, 0) is 4.79 Å². The fourth-order valence-corrected chi connectivity index (χ4v) is 4.32. The maximum absolute atomic E-state index is 13.1. The molecular formula is C24H21FINO3. The molecule has 0 aromatic heterocycles. The van der Waals surface area contributed by atoms with Crippen molar-refractivity contribution < 1.29 is 19.4 Å². The van der Waals surface area contributed by atoms with E-state index in [-0.39, 0.29) is 29.4 Å². The summed E-state index contributed by atoms with van der Waals surface area (Å²) < 4.78 is 14.2. The summed E-state index contributed by atoms with van der Waals surface area (Å²) in [5.74, 6) is -0.454. The molecule has 1 heterocycles. The van der Waals surface area contributed by atoms with E-state index >= 15 is 0 Å². The molecule has 6 heteroatoms. The number of aliphatic hydroxyl groups excluding tert-OH is 1. The quantitative estimate of drug-likeness (QED) is 0.342. The van der Waals surface area contributed by atoms with E-state index in [2.05, 4.69) is 22.6 Å². The van der Waals surface area contributed by atoms with E-state index < -0.39 is 6.10 Å². The number of hydrogen-bond acceptors (Lipinski definition) is 3. The molecule has 3 aromatic rings. The summed E-state index contributed by atoms with van der Waals surface area (Å²) in [6.07, 6.45) is 0.174. The van der Waals surface area contributed by atoms with Gasteiger partial charge in [0.05, 0.1) is 18.1 Å². The van der Waals surface area contributed by atoms with Gasteiger partial charge in [-0.2, -0.15) is 0 Å². The van der Waals surface area contributed by atoms with Crippen molar-refractivity contribution in [3.63, 3.8) is 0 Å². The lowest BCUT2D eigenvalue weighted by Crippen LogP contribution is -2.55. The number of anilines is 1. The fraction of sp³-hybridized carbons (Fsp3) is 0.208. The van der Waals surface area contributed by atoms with Crippen molar-refractivity contribution in [2.75, 3.05) is 4.90 Å². The third-order valence-electron chi connectivity index (χ3n) is 5.56. The van der Waals surface area contributed by atoms with Crippen LogP contribution in [0.15, 0.2) is 72.8 Å². The van der Waals surface area contributed by atoms with Crippen LogP contribution in [0.1, 0.15) is 36.1 Å². The standard InChI is InChI=1S/C24H21FINO3/c25-17-5-1-15(2-6-17)22(29)14-13-21-23(16-3-7-18(26)8-4-16)27(24(21)30)19-9-11-20(28)12-10-19/h1-12,21-23,28-29H,13-14H2/t21-,22+,23-/m1/s1. The Morgan fingerprint density at radius 3 is 2.23 bits per heavy atom. The lowest BCUT2D eigenvalue weighted by atomic mass is 9.78. The molecule has 0 bridgehead atoms. The lowest BCUT2D eigenvalue weighted by Gasteiger charge is -2.48. The molecule has 2 N–H and O–H groups in total. The Bertz CT molecular complexity index is 1020. The van der Waals surface area contributed by atoms with E-state index in [1.807, 2.05) is 24.3 Å². The highest BCUT2D eigenvalue weighted by atomic mass is 127. The molecule has 4 rings (SSSR count).